The van der Waals surface area contributed by atoms with Crippen LogP contribution in [0.2, 0.25) is 0 Å². The van der Waals surface area contributed by atoms with E-state index in [1.165, 1.54) is 0 Å². The molecule has 1 heterocycles. The highest BCUT2D eigenvalue weighted by molar-refractivity contribution is 4.91. The quantitative estimate of drug-likeness (QED) is 0.683. The minimum Gasteiger partial charge on any atom is -0.391 e. The Balaban J connectivity index is 2.42. The van der Waals surface area contributed by atoms with Gasteiger partial charge in [-0.05, 0) is 13.0 Å². The van der Waals surface area contributed by atoms with E-state index in [9.17, 15) is 5.11 Å². The van der Waals surface area contributed by atoms with Gasteiger partial charge in [0.15, 0.2) is 0 Å². The molecular formula is C9H18N4O. The minimum atomic E-state index is -0.330. The summed E-state index contributed by atoms with van der Waals surface area (Å²) in [5.74, 6) is 0. The fraction of sp³-hybridized carbons (Fsp3) is 0.778. The molecule has 0 aliphatic heterocycles. The van der Waals surface area contributed by atoms with Crippen molar-refractivity contribution in [1.29, 1.82) is 0 Å². The van der Waals surface area contributed by atoms with Gasteiger partial charge in [0.1, 0.15) is 0 Å². The van der Waals surface area contributed by atoms with Crippen molar-refractivity contribution in [1.82, 2.24) is 20.3 Å². The molecule has 1 unspecified atom stereocenters. The molecule has 80 valence electrons. The molecule has 0 radical (unpaired) electrons. The second-order valence-corrected chi connectivity index (χ2v) is 3.27. The fourth-order valence-corrected chi connectivity index (χ4v) is 1.11. The van der Waals surface area contributed by atoms with Crippen LogP contribution in [0.3, 0.4) is 0 Å². The van der Waals surface area contributed by atoms with Crippen molar-refractivity contribution in [3.05, 3.63) is 11.9 Å². The topological polar surface area (TPSA) is 63.0 Å². The van der Waals surface area contributed by atoms with Crippen molar-refractivity contribution in [2.45, 2.75) is 39.5 Å². The second-order valence-electron chi connectivity index (χ2n) is 3.27. The molecule has 0 fully saturated rings. The third-order valence-corrected chi connectivity index (χ3v) is 2.01. The summed E-state index contributed by atoms with van der Waals surface area (Å²) in [6.45, 7) is 6.17. The Kier molecular flexibility index (Phi) is 4.55. The predicted molar refractivity (Wildman–Crippen MR) is 53.7 cm³/mol. The summed E-state index contributed by atoms with van der Waals surface area (Å²) in [6.07, 6.45) is 2.27. The molecule has 0 amide bonds. The molecule has 0 aliphatic carbocycles. The van der Waals surface area contributed by atoms with Crippen LogP contribution in [-0.4, -0.2) is 32.7 Å². The molecular weight excluding hydrogens is 180 g/mol. The maximum absolute atomic E-state index is 9.39. The summed E-state index contributed by atoms with van der Waals surface area (Å²) in [4.78, 5) is 0. The molecule has 14 heavy (non-hydrogen) atoms. The fourth-order valence-electron chi connectivity index (χ4n) is 1.11. The summed E-state index contributed by atoms with van der Waals surface area (Å²) in [5, 5.41) is 20.5. The van der Waals surface area contributed by atoms with E-state index in [1.54, 1.807) is 4.68 Å². The van der Waals surface area contributed by atoms with Crippen molar-refractivity contribution in [3.63, 3.8) is 0 Å². The predicted octanol–water partition coefficient (Wildman–Crippen LogP) is 0.158. The largest absolute Gasteiger partial charge is 0.391 e. The van der Waals surface area contributed by atoms with Crippen LogP contribution in [0.25, 0.3) is 0 Å². The molecule has 0 aromatic carbocycles. The molecule has 2 N–H and O–H groups in total. The number of aromatic nitrogens is 3. The van der Waals surface area contributed by atoms with Gasteiger partial charge in [-0.15, -0.1) is 5.10 Å². The SMILES string of the molecule is CCNCc1cn(CC(O)CC)nn1. The molecule has 0 aliphatic rings. The van der Waals surface area contributed by atoms with E-state index in [0.717, 1.165) is 25.2 Å². The van der Waals surface area contributed by atoms with Gasteiger partial charge in [-0.25, -0.2) is 4.68 Å². The Morgan fingerprint density at radius 1 is 1.57 bits per heavy atom. The van der Waals surface area contributed by atoms with Crippen molar-refractivity contribution < 1.29 is 5.11 Å². The molecule has 5 heteroatoms. The van der Waals surface area contributed by atoms with Crippen LogP contribution >= 0.6 is 0 Å². The summed E-state index contributed by atoms with van der Waals surface area (Å²) >= 11 is 0. The van der Waals surface area contributed by atoms with Crippen LogP contribution < -0.4 is 5.32 Å². The number of hydrogen-bond acceptors (Lipinski definition) is 4. The van der Waals surface area contributed by atoms with Crippen molar-refractivity contribution >= 4 is 0 Å². The van der Waals surface area contributed by atoms with Crippen LogP contribution in [0, 0.1) is 0 Å². The third-order valence-electron chi connectivity index (χ3n) is 2.01. The average molecular weight is 198 g/mol. The molecule has 1 aromatic rings. The molecule has 1 atom stereocenters. The van der Waals surface area contributed by atoms with Gasteiger partial charge >= 0.3 is 0 Å². The monoisotopic (exact) mass is 198 g/mol. The average Bonchev–Trinajstić information content (AvgIpc) is 2.62. The van der Waals surface area contributed by atoms with E-state index in [2.05, 4.69) is 15.6 Å². The smallest absolute Gasteiger partial charge is 0.0964 e. The lowest BCUT2D eigenvalue weighted by Crippen LogP contribution is -2.15. The number of nitrogens with one attached hydrogen (secondary N) is 1. The van der Waals surface area contributed by atoms with E-state index in [0.29, 0.717) is 6.54 Å². The van der Waals surface area contributed by atoms with E-state index in [4.69, 9.17) is 0 Å². The van der Waals surface area contributed by atoms with Gasteiger partial charge in [0.25, 0.3) is 0 Å². The first-order valence-electron chi connectivity index (χ1n) is 5.04. The lowest BCUT2D eigenvalue weighted by Gasteiger charge is -2.05. The Morgan fingerprint density at radius 3 is 3.00 bits per heavy atom. The standard InChI is InChI=1S/C9H18N4O/c1-3-9(14)7-13-6-8(11-12-13)5-10-4-2/h6,9-10,14H,3-5,7H2,1-2H3. The Hall–Kier alpha value is -0.940. The summed E-state index contributed by atoms with van der Waals surface area (Å²) < 4.78 is 1.68. The van der Waals surface area contributed by atoms with Gasteiger partial charge in [-0.3, -0.25) is 0 Å². The lowest BCUT2D eigenvalue weighted by atomic mass is 10.3. The normalized spacial score (nSPS) is 13.1. The van der Waals surface area contributed by atoms with E-state index in [1.807, 2.05) is 20.0 Å². The number of aliphatic hydroxyl groups is 1. The highest BCUT2D eigenvalue weighted by Gasteiger charge is 2.04. The van der Waals surface area contributed by atoms with E-state index in [-0.39, 0.29) is 6.10 Å². The number of aliphatic hydroxyl groups excluding tert-OH is 1. The van der Waals surface area contributed by atoms with Gasteiger partial charge in [0, 0.05) is 12.7 Å². The first-order valence-corrected chi connectivity index (χ1v) is 5.04. The summed E-state index contributed by atoms with van der Waals surface area (Å²) in [7, 11) is 0. The summed E-state index contributed by atoms with van der Waals surface area (Å²) in [5.41, 5.74) is 0.912. The maximum atomic E-state index is 9.39. The molecule has 0 bridgehead atoms. The molecule has 1 rings (SSSR count). The molecule has 0 saturated carbocycles. The highest BCUT2D eigenvalue weighted by Crippen LogP contribution is 1.97. The number of hydrogen-bond donors (Lipinski definition) is 2. The molecule has 5 nitrogen and oxygen atoms in total. The van der Waals surface area contributed by atoms with Crippen molar-refractivity contribution in [2.24, 2.45) is 0 Å². The Morgan fingerprint density at radius 2 is 2.36 bits per heavy atom. The zero-order valence-corrected chi connectivity index (χ0v) is 8.77. The van der Waals surface area contributed by atoms with Gasteiger partial charge < -0.3 is 10.4 Å². The van der Waals surface area contributed by atoms with E-state index >= 15 is 0 Å². The highest BCUT2D eigenvalue weighted by atomic mass is 16.3. The first-order chi connectivity index (χ1) is 6.76. The number of nitrogens with zero attached hydrogens (tertiary/aromatic N) is 3. The van der Waals surface area contributed by atoms with Crippen LogP contribution in [0.15, 0.2) is 6.20 Å². The van der Waals surface area contributed by atoms with Crippen LogP contribution in [-0.2, 0) is 13.1 Å². The number of rotatable bonds is 6. The molecule has 0 saturated heterocycles. The maximum Gasteiger partial charge on any atom is 0.0964 e. The van der Waals surface area contributed by atoms with Crippen molar-refractivity contribution in [3.8, 4) is 0 Å². The van der Waals surface area contributed by atoms with Gasteiger partial charge in [0.05, 0.1) is 18.3 Å². The molecule has 1 aromatic heterocycles. The van der Waals surface area contributed by atoms with Crippen LogP contribution in [0.5, 0.6) is 0 Å². The Bertz CT molecular complexity index is 261. The Labute approximate surface area is 84.1 Å². The lowest BCUT2D eigenvalue weighted by molar-refractivity contribution is 0.144. The van der Waals surface area contributed by atoms with Gasteiger partial charge in [0.2, 0.25) is 0 Å². The summed E-state index contributed by atoms with van der Waals surface area (Å²) in [6, 6.07) is 0. The van der Waals surface area contributed by atoms with E-state index < -0.39 is 0 Å². The van der Waals surface area contributed by atoms with Crippen molar-refractivity contribution in [2.75, 3.05) is 6.54 Å². The second kappa shape index (κ2) is 5.72. The zero-order chi connectivity index (χ0) is 10.4. The van der Waals surface area contributed by atoms with Crippen LogP contribution in [0.1, 0.15) is 26.0 Å². The third kappa shape index (κ3) is 3.43. The zero-order valence-electron chi connectivity index (χ0n) is 8.77. The first kappa shape index (κ1) is 11.1. The molecule has 0 spiro atoms. The van der Waals surface area contributed by atoms with Gasteiger partial charge in [-0.1, -0.05) is 19.1 Å². The van der Waals surface area contributed by atoms with Crippen LogP contribution in [0.4, 0.5) is 0 Å². The van der Waals surface area contributed by atoms with Gasteiger partial charge in [-0.2, -0.15) is 0 Å². The minimum absolute atomic E-state index is 0.330.